The van der Waals surface area contributed by atoms with E-state index in [0.717, 1.165) is 6.07 Å². The van der Waals surface area contributed by atoms with Crippen molar-refractivity contribution in [1.29, 1.82) is 0 Å². The summed E-state index contributed by atoms with van der Waals surface area (Å²) in [5.41, 5.74) is 6.27. The molecule has 0 aliphatic heterocycles. The fraction of sp³-hybridized carbons (Fsp3) is 0.143. The van der Waals surface area contributed by atoms with E-state index in [4.69, 9.17) is 10.5 Å². The number of nitrogens with two attached hydrogens (primary N) is 1. The van der Waals surface area contributed by atoms with Gasteiger partial charge in [-0.1, -0.05) is 6.07 Å². The topological polar surface area (TPSA) is 47.3 Å². The van der Waals surface area contributed by atoms with E-state index in [9.17, 15) is 8.78 Å². The lowest BCUT2D eigenvalue weighted by atomic mass is 10.2. The highest BCUT2D eigenvalue weighted by Crippen LogP contribution is 2.29. The van der Waals surface area contributed by atoms with Gasteiger partial charge in [-0.25, -0.2) is 8.78 Å². The van der Waals surface area contributed by atoms with Gasteiger partial charge in [0.15, 0.2) is 11.6 Å². The number of halogens is 2. The molecule has 0 spiro atoms. The Kier molecular flexibility index (Phi) is 3.85. The average Bonchev–Trinajstić information content (AvgIpc) is 2.40. The van der Waals surface area contributed by atoms with Crippen LogP contribution in [0.2, 0.25) is 0 Å². The van der Waals surface area contributed by atoms with Crippen LogP contribution < -0.4 is 15.8 Å². The first-order valence-electron chi connectivity index (χ1n) is 5.85. The van der Waals surface area contributed by atoms with Crippen molar-refractivity contribution in [3.63, 3.8) is 0 Å². The maximum atomic E-state index is 13.6. The third-order valence-corrected chi connectivity index (χ3v) is 2.54. The summed E-state index contributed by atoms with van der Waals surface area (Å²) in [4.78, 5) is 0. The SMILES string of the molecule is CCOc1cccc(Nc2c(N)ccc(F)c2F)c1. The van der Waals surface area contributed by atoms with E-state index in [1.54, 1.807) is 24.3 Å². The summed E-state index contributed by atoms with van der Waals surface area (Å²) in [6, 6.07) is 9.24. The summed E-state index contributed by atoms with van der Waals surface area (Å²) >= 11 is 0. The van der Waals surface area contributed by atoms with Gasteiger partial charge in [-0.15, -0.1) is 0 Å². The minimum Gasteiger partial charge on any atom is -0.494 e. The van der Waals surface area contributed by atoms with Crippen LogP contribution in [0.5, 0.6) is 5.75 Å². The number of hydrogen-bond acceptors (Lipinski definition) is 3. The Labute approximate surface area is 110 Å². The van der Waals surface area contributed by atoms with Crippen molar-refractivity contribution in [2.75, 3.05) is 17.7 Å². The Balaban J connectivity index is 2.31. The molecule has 2 rings (SSSR count). The van der Waals surface area contributed by atoms with E-state index < -0.39 is 11.6 Å². The van der Waals surface area contributed by atoms with E-state index >= 15 is 0 Å². The summed E-state index contributed by atoms with van der Waals surface area (Å²) in [5.74, 6) is -1.30. The van der Waals surface area contributed by atoms with Gasteiger partial charge in [-0.3, -0.25) is 0 Å². The third-order valence-electron chi connectivity index (χ3n) is 2.54. The van der Waals surface area contributed by atoms with E-state index in [0.29, 0.717) is 18.0 Å². The molecule has 2 aromatic rings. The molecule has 5 heteroatoms. The van der Waals surface area contributed by atoms with Gasteiger partial charge in [0.05, 0.1) is 12.3 Å². The van der Waals surface area contributed by atoms with Crippen LogP contribution in [0, 0.1) is 11.6 Å². The average molecular weight is 264 g/mol. The molecule has 3 N–H and O–H groups in total. The number of anilines is 3. The molecule has 2 aromatic carbocycles. The number of rotatable bonds is 4. The van der Waals surface area contributed by atoms with Gasteiger partial charge in [-0.2, -0.15) is 0 Å². The fourth-order valence-electron chi connectivity index (χ4n) is 1.67. The van der Waals surface area contributed by atoms with Crippen LogP contribution in [-0.2, 0) is 0 Å². The zero-order valence-electron chi connectivity index (χ0n) is 10.4. The van der Waals surface area contributed by atoms with Crippen LogP contribution in [0.4, 0.5) is 25.8 Å². The Morgan fingerprint density at radius 1 is 1.21 bits per heavy atom. The fourth-order valence-corrected chi connectivity index (χ4v) is 1.67. The van der Waals surface area contributed by atoms with Crippen LogP contribution in [0.1, 0.15) is 6.92 Å². The molecule has 0 aliphatic carbocycles. The first-order valence-corrected chi connectivity index (χ1v) is 5.85. The number of hydrogen-bond donors (Lipinski definition) is 2. The second kappa shape index (κ2) is 5.56. The Bertz CT molecular complexity index is 588. The third kappa shape index (κ3) is 2.93. The molecule has 0 atom stereocenters. The molecule has 0 fully saturated rings. The second-order valence-corrected chi connectivity index (χ2v) is 3.91. The summed E-state index contributed by atoms with van der Waals surface area (Å²) in [6.45, 7) is 2.39. The molecule has 0 unspecified atom stereocenters. The van der Waals surface area contributed by atoms with Gasteiger partial charge < -0.3 is 15.8 Å². The minimum atomic E-state index is -0.998. The quantitative estimate of drug-likeness (QED) is 0.828. The predicted molar refractivity (Wildman–Crippen MR) is 71.7 cm³/mol. The number of benzene rings is 2. The van der Waals surface area contributed by atoms with Crippen LogP contribution >= 0.6 is 0 Å². The highest BCUT2D eigenvalue weighted by Gasteiger charge is 2.12. The Hall–Kier alpha value is -2.30. The number of nitrogens with one attached hydrogen (secondary N) is 1. The monoisotopic (exact) mass is 264 g/mol. The van der Waals surface area contributed by atoms with Crippen molar-refractivity contribution >= 4 is 17.1 Å². The molecule has 0 bridgehead atoms. The van der Waals surface area contributed by atoms with Crippen molar-refractivity contribution in [2.45, 2.75) is 6.92 Å². The largest absolute Gasteiger partial charge is 0.494 e. The summed E-state index contributed by atoms with van der Waals surface area (Å²) < 4.78 is 32.1. The zero-order valence-corrected chi connectivity index (χ0v) is 10.4. The molecule has 3 nitrogen and oxygen atoms in total. The van der Waals surface area contributed by atoms with Crippen molar-refractivity contribution in [3.05, 3.63) is 48.0 Å². The van der Waals surface area contributed by atoms with Crippen LogP contribution in [-0.4, -0.2) is 6.61 Å². The van der Waals surface area contributed by atoms with Crippen molar-refractivity contribution in [2.24, 2.45) is 0 Å². The maximum absolute atomic E-state index is 13.6. The molecule has 0 aliphatic rings. The summed E-state index contributed by atoms with van der Waals surface area (Å²) in [7, 11) is 0. The molecule has 0 amide bonds. The molecular formula is C14H14F2N2O. The van der Waals surface area contributed by atoms with Gasteiger partial charge in [-0.05, 0) is 31.2 Å². The number of ether oxygens (including phenoxy) is 1. The molecule has 0 aromatic heterocycles. The molecule has 0 radical (unpaired) electrons. The lowest BCUT2D eigenvalue weighted by Gasteiger charge is -2.12. The number of nitrogen functional groups attached to an aromatic ring is 1. The van der Waals surface area contributed by atoms with Gasteiger partial charge >= 0.3 is 0 Å². The Morgan fingerprint density at radius 3 is 2.74 bits per heavy atom. The molecule has 19 heavy (non-hydrogen) atoms. The lowest BCUT2D eigenvalue weighted by molar-refractivity contribution is 0.340. The van der Waals surface area contributed by atoms with Gasteiger partial charge in [0.25, 0.3) is 0 Å². The molecule has 0 saturated heterocycles. The summed E-state index contributed by atoms with van der Waals surface area (Å²) in [6.07, 6.45) is 0. The first-order chi connectivity index (χ1) is 9.11. The van der Waals surface area contributed by atoms with E-state index in [1.165, 1.54) is 6.07 Å². The highest BCUT2D eigenvalue weighted by atomic mass is 19.2. The predicted octanol–water partition coefficient (Wildman–Crippen LogP) is 3.69. The second-order valence-electron chi connectivity index (χ2n) is 3.91. The molecular weight excluding hydrogens is 250 g/mol. The van der Waals surface area contributed by atoms with E-state index in [-0.39, 0.29) is 11.4 Å². The zero-order chi connectivity index (χ0) is 13.8. The van der Waals surface area contributed by atoms with Crippen molar-refractivity contribution in [3.8, 4) is 5.75 Å². The first kappa shape index (κ1) is 13.1. The minimum absolute atomic E-state index is 0.0753. The molecule has 0 saturated carbocycles. The lowest BCUT2D eigenvalue weighted by Crippen LogP contribution is -2.01. The van der Waals surface area contributed by atoms with Gasteiger partial charge in [0.2, 0.25) is 0 Å². The van der Waals surface area contributed by atoms with E-state index in [2.05, 4.69) is 5.32 Å². The van der Waals surface area contributed by atoms with Crippen LogP contribution in [0.25, 0.3) is 0 Å². The van der Waals surface area contributed by atoms with Crippen molar-refractivity contribution in [1.82, 2.24) is 0 Å². The highest BCUT2D eigenvalue weighted by molar-refractivity contribution is 5.73. The normalized spacial score (nSPS) is 10.3. The molecule has 0 heterocycles. The van der Waals surface area contributed by atoms with Crippen molar-refractivity contribution < 1.29 is 13.5 Å². The van der Waals surface area contributed by atoms with Crippen LogP contribution in [0.15, 0.2) is 36.4 Å². The van der Waals surface area contributed by atoms with Crippen LogP contribution in [0.3, 0.4) is 0 Å². The standard InChI is InChI=1S/C14H14F2N2O/c1-2-19-10-5-3-4-9(8-10)18-14-12(17)7-6-11(15)13(14)16/h3-8,18H,2,17H2,1H3. The molecule has 100 valence electrons. The Morgan fingerprint density at radius 2 is 2.00 bits per heavy atom. The van der Waals surface area contributed by atoms with Gasteiger partial charge in [0, 0.05) is 11.8 Å². The van der Waals surface area contributed by atoms with E-state index in [1.807, 2.05) is 6.92 Å². The maximum Gasteiger partial charge on any atom is 0.184 e. The summed E-state index contributed by atoms with van der Waals surface area (Å²) in [5, 5.41) is 2.76. The van der Waals surface area contributed by atoms with Gasteiger partial charge in [0.1, 0.15) is 11.4 Å². The smallest absolute Gasteiger partial charge is 0.184 e.